The van der Waals surface area contributed by atoms with Gasteiger partial charge in [-0.15, -0.1) is 0 Å². The highest BCUT2D eigenvalue weighted by atomic mass is 19.1. The number of anilines is 2. The number of halogens is 1. The SMILES string of the molecule is CCCOCC(=O)Nc1cc(F)ccc1N. The van der Waals surface area contributed by atoms with Crippen LogP contribution in [-0.4, -0.2) is 19.1 Å². The molecule has 0 saturated carbocycles. The first kappa shape index (κ1) is 12.4. The van der Waals surface area contributed by atoms with Gasteiger partial charge in [-0.05, 0) is 24.6 Å². The van der Waals surface area contributed by atoms with Gasteiger partial charge in [-0.3, -0.25) is 4.79 Å². The summed E-state index contributed by atoms with van der Waals surface area (Å²) < 4.78 is 17.9. The Morgan fingerprint density at radius 1 is 1.56 bits per heavy atom. The molecule has 0 aliphatic carbocycles. The highest BCUT2D eigenvalue weighted by molar-refractivity contribution is 5.94. The van der Waals surface area contributed by atoms with Gasteiger partial charge in [0.2, 0.25) is 5.91 Å². The number of nitrogens with two attached hydrogens (primary N) is 1. The van der Waals surface area contributed by atoms with Crippen molar-refractivity contribution in [2.45, 2.75) is 13.3 Å². The van der Waals surface area contributed by atoms with Crippen molar-refractivity contribution in [3.05, 3.63) is 24.0 Å². The summed E-state index contributed by atoms with van der Waals surface area (Å²) in [6.45, 7) is 2.41. The van der Waals surface area contributed by atoms with E-state index in [1.807, 2.05) is 6.92 Å². The van der Waals surface area contributed by atoms with Crippen LogP contribution in [0, 0.1) is 5.82 Å². The van der Waals surface area contributed by atoms with Gasteiger partial charge >= 0.3 is 0 Å². The molecule has 0 saturated heterocycles. The van der Waals surface area contributed by atoms with Gasteiger partial charge in [0.1, 0.15) is 12.4 Å². The van der Waals surface area contributed by atoms with Crippen molar-refractivity contribution < 1.29 is 13.9 Å². The Labute approximate surface area is 93.6 Å². The molecule has 1 amide bonds. The number of nitrogens with one attached hydrogen (secondary N) is 1. The monoisotopic (exact) mass is 226 g/mol. The predicted octanol–water partition coefficient (Wildman–Crippen LogP) is 1.77. The Morgan fingerprint density at radius 3 is 3.00 bits per heavy atom. The molecular formula is C11H15FN2O2. The van der Waals surface area contributed by atoms with Crippen LogP contribution in [0.2, 0.25) is 0 Å². The molecule has 0 bridgehead atoms. The standard InChI is InChI=1S/C11H15FN2O2/c1-2-5-16-7-11(15)14-10-6-8(12)3-4-9(10)13/h3-4,6H,2,5,7,13H2,1H3,(H,14,15). The fraction of sp³-hybridized carbons (Fsp3) is 0.364. The van der Waals surface area contributed by atoms with Gasteiger partial charge in [0.25, 0.3) is 0 Å². The second-order valence-electron chi connectivity index (χ2n) is 3.33. The van der Waals surface area contributed by atoms with E-state index in [0.29, 0.717) is 12.3 Å². The third kappa shape index (κ3) is 3.86. The van der Waals surface area contributed by atoms with Gasteiger partial charge in [-0.25, -0.2) is 4.39 Å². The lowest BCUT2D eigenvalue weighted by atomic mass is 10.2. The summed E-state index contributed by atoms with van der Waals surface area (Å²) in [5.41, 5.74) is 6.16. The van der Waals surface area contributed by atoms with E-state index in [4.69, 9.17) is 10.5 Å². The van der Waals surface area contributed by atoms with Crippen molar-refractivity contribution in [2.75, 3.05) is 24.3 Å². The number of amides is 1. The number of hydrogen-bond donors (Lipinski definition) is 2. The lowest BCUT2D eigenvalue weighted by Gasteiger charge is -2.08. The van der Waals surface area contributed by atoms with E-state index >= 15 is 0 Å². The van der Waals surface area contributed by atoms with Crippen LogP contribution in [0.4, 0.5) is 15.8 Å². The van der Waals surface area contributed by atoms with E-state index in [0.717, 1.165) is 6.42 Å². The number of hydrogen-bond acceptors (Lipinski definition) is 3. The Morgan fingerprint density at radius 2 is 2.31 bits per heavy atom. The van der Waals surface area contributed by atoms with Crippen LogP contribution < -0.4 is 11.1 Å². The Balaban J connectivity index is 2.52. The molecule has 4 nitrogen and oxygen atoms in total. The van der Waals surface area contributed by atoms with Crippen LogP contribution in [0.1, 0.15) is 13.3 Å². The molecule has 1 aromatic carbocycles. The summed E-state index contributed by atoms with van der Waals surface area (Å²) in [7, 11) is 0. The molecule has 0 radical (unpaired) electrons. The van der Waals surface area contributed by atoms with Gasteiger partial charge in [-0.2, -0.15) is 0 Å². The Bertz CT molecular complexity index is 369. The summed E-state index contributed by atoms with van der Waals surface area (Å²) in [6, 6.07) is 3.81. The lowest BCUT2D eigenvalue weighted by Crippen LogP contribution is -2.19. The van der Waals surface area contributed by atoms with Crippen molar-refractivity contribution >= 4 is 17.3 Å². The van der Waals surface area contributed by atoms with Crippen molar-refractivity contribution in [3.63, 3.8) is 0 Å². The molecule has 3 N–H and O–H groups in total. The number of carbonyl (C=O) groups excluding carboxylic acids is 1. The average Bonchev–Trinajstić information content (AvgIpc) is 2.24. The van der Waals surface area contributed by atoms with Crippen LogP contribution >= 0.6 is 0 Å². The Kier molecular flexibility index (Phi) is 4.72. The maximum atomic E-state index is 12.9. The second kappa shape index (κ2) is 6.07. The predicted molar refractivity (Wildman–Crippen MR) is 60.6 cm³/mol. The smallest absolute Gasteiger partial charge is 0.250 e. The zero-order valence-corrected chi connectivity index (χ0v) is 9.13. The van der Waals surface area contributed by atoms with E-state index < -0.39 is 5.82 Å². The molecule has 5 heteroatoms. The van der Waals surface area contributed by atoms with Gasteiger partial charge < -0.3 is 15.8 Å². The van der Waals surface area contributed by atoms with Crippen molar-refractivity contribution in [3.8, 4) is 0 Å². The summed E-state index contributed by atoms with van der Waals surface area (Å²) in [4.78, 5) is 11.3. The number of carbonyl (C=O) groups is 1. The molecule has 0 aromatic heterocycles. The number of ether oxygens (including phenoxy) is 1. The summed E-state index contributed by atoms with van der Waals surface area (Å²) >= 11 is 0. The molecule has 0 atom stereocenters. The van der Waals surface area contributed by atoms with E-state index in [9.17, 15) is 9.18 Å². The normalized spacial score (nSPS) is 10.1. The van der Waals surface area contributed by atoms with Crippen molar-refractivity contribution in [2.24, 2.45) is 0 Å². The third-order valence-corrected chi connectivity index (χ3v) is 1.87. The largest absolute Gasteiger partial charge is 0.397 e. The molecule has 0 unspecified atom stereocenters. The first-order chi connectivity index (χ1) is 7.63. The number of nitrogen functional groups attached to an aromatic ring is 1. The van der Waals surface area contributed by atoms with E-state index in [-0.39, 0.29) is 18.2 Å². The van der Waals surface area contributed by atoms with E-state index in [2.05, 4.69) is 5.32 Å². The van der Waals surface area contributed by atoms with Crippen LogP contribution in [0.15, 0.2) is 18.2 Å². The highest BCUT2D eigenvalue weighted by Crippen LogP contribution is 2.18. The van der Waals surface area contributed by atoms with Gasteiger partial charge in [-0.1, -0.05) is 6.92 Å². The minimum absolute atomic E-state index is 0.0518. The van der Waals surface area contributed by atoms with Crippen LogP contribution in [0.5, 0.6) is 0 Å². The van der Waals surface area contributed by atoms with Crippen LogP contribution in [-0.2, 0) is 9.53 Å². The molecule has 0 fully saturated rings. The van der Waals surface area contributed by atoms with Gasteiger partial charge in [0.05, 0.1) is 11.4 Å². The molecule has 1 rings (SSSR count). The molecule has 0 aliphatic rings. The number of rotatable bonds is 5. The van der Waals surface area contributed by atoms with Gasteiger partial charge in [0, 0.05) is 6.61 Å². The molecule has 0 spiro atoms. The molecule has 0 heterocycles. The zero-order chi connectivity index (χ0) is 12.0. The minimum atomic E-state index is -0.445. The first-order valence-corrected chi connectivity index (χ1v) is 5.06. The van der Waals surface area contributed by atoms with E-state index in [1.165, 1.54) is 18.2 Å². The quantitative estimate of drug-likeness (QED) is 0.594. The fourth-order valence-corrected chi connectivity index (χ4v) is 1.13. The number of benzene rings is 1. The molecule has 1 aromatic rings. The Hall–Kier alpha value is -1.62. The van der Waals surface area contributed by atoms with E-state index in [1.54, 1.807) is 0 Å². The highest BCUT2D eigenvalue weighted by Gasteiger charge is 2.06. The average molecular weight is 226 g/mol. The first-order valence-electron chi connectivity index (χ1n) is 5.06. The van der Waals surface area contributed by atoms with Crippen LogP contribution in [0.25, 0.3) is 0 Å². The zero-order valence-electron chi connectivity index (χ0n) is 9.13. The van der Waals surface area contributed by atoms with Gasteiger partial charge in [0.15, 0.2) is 0 Å². The third-order valence-electron chi connectivity index (χ3n) is 1.87. The summed E-state index contributed by atoms with van der Waals surface area (Å²) in [5, 5.41) is 2.48. The van der Waals surface area contributed by atoms with Crippen molar-refractivity contribution in [1.82, 2.24) is 0 Å². The molecule has 0 aliphatic heterocycles. The maximum Gasteiger partial charge on any atom is 0.250 e. The second-order valence-corrected chi connectivity index (χ2v) is 3.33. The molecular weight excluding hydrogens is 211 g/mol. The molecule has 16 heavy (non-hydrogen) atoms. The minimum Gasteiger partial charge on any atom is -0.397 e. The molecule has 88 valence electrons. The lowest BCUT2D eigenvalue weighted by molar-refractivity contribution is -0.120. The fourth-order valence-electron chi connectivity index (χ4n) is 1.13. The summed E-state index contributed by atoms with van der Waals surface area (Å²) in [6.07, 6.45) is 0.843. The summed E-state index contributed by atoms with van der Waals surface area (Å²) in [5.74, 6) is -0.787. The van der Waals surface area contributed by atoms with Crippen LogP contribution in [0.3, 0.4) is 0 Å². The van der Waals surface area contributed by atoms with Crippen molar-refractivity contribution in [1.29, 1.82) is 0 Å². The maximum absolute atomic E-state index is 12.9. The topological polar surface area (TPSA) is 64.3 Å².